The quantitative estimate of drug-likeness (QED) is 0.472. The van der Waals surface area contributed by atoms with Crippen molar-refractivity contribution in [3.63, 3.8) is 0 Å². The lowest BCUT2D eigenvalue weighted by Crippen LogP contribution is -2.50. The predicted octanol–water partition coefficient (Wildman–Crippen LogP) is 5.20. The number of hydrogen-bond acceptors (Lipinski definition) is 5. The van der Waals surface area contributed by atoms with Crippen molar-refractivity contribution < 1.29 is 27.5 Å². The molecule has 202 valence electrons. The first-order valence-electron chi connectivity index (χ1n) is 12.4. The third-order valence-electron chi connectivity index (χ3n) is 6.43. The first-order valence-corrected chi connectivity index (χ1v) is 13.5. The highest BCUT2D eigenvalue weighted by molar-refractivity contribution is 9.09. The topological polar surface area (TPSA) is 65.1 Å². The van der Waals surface area contributed by atoms with Crippen LogP contribution in [0.5, 0.6) is 0 Å². The van der Waals surface area contributed by atoms with Crippen LogP contribution < -0.4 is 10.2 Å². The number of benzene rings is 1. The number of piperazine rings is 1. The van der Waals surface area contributed by atoms with Gasteiger partial charge in [0, 0.05) is 68.9 Å². The van der Waals surface area contributed by atoms with E-state index in [4.69, 9.17) is 4.74 Å². The standard InChI is InChI=1S/C25H36BrF3N4O3/c1-24(2,3)36-23(35)33-14-12-31(13-15-33)21-5-4-19(16-20(21)25(27,28)29)30-9-6-22(34)32-10-7-18(17-26)8-11-32/h4-5,16,18,30H,6-15,17H2,1-3H3. The molecule has 0 aromatic heterocycles. The number of hydrogen-bond donors (Lipinski definition) is 1. The number of amides is 2. The van der Waals surface area contributed by atoms with Crippen molar-refractivity contribution in [1.29, 1.82) is 0 Å². The molecule has 0 unspecified atom stereocenters. The van der Waals surface area contributed by atoms with Crippen LogP contribution in [0, 0.1) is 5.92 Å². The molecule has 2 saturated heterocycles. The maximum atomic E-state index is 13.9. The largest absolute Gasteiger partial charge is 0.444 e. The van der Waals surface area contributed by atoms with Gasteiger partial charge in [0.05, 0.1) is 5.56 Å². The molecule has 2 fully saturated rings. The van der Waals surface area contributed by atoms with Gasteiger partial charge in [0.2, 0.25) is 5.91 Å². The number of piperidine rings is 1. The Hall–Kier alpha value is -2.17. The second kappa shape index (κ2) is 11.9. The summed E-state index contributed by atoms with van der Waals surface area (Å²) in [4.78, 5) is 29.7. The Balaban J connectivity index is 1.57. The van der Waals surface area contributed by atoms with Crippen molar-refractivity contribution >= 4 is 39.3 Å². The maximum Gasteiger partial charge on any atom is 0.418 e. The van der Waals surface area contributed by atoms with Gasteiger partial charge in [0.1, 0.15) is 5.60 Å². The number of anilines is 2. The molecule has 0 aliphatic carbocycles. The van der Waals surface area contributed by atoms with Gasteiger partial charge < -0.3 is 24.8 Å². The van der Waals surface area contributed by atoms with Crippen LogP contribution in [0.4, 0.5) is 29.3 Å². The number of likely N-dealkylation sites (tertiary alicyclic amines) is 1. The van der Waals surface area contributed by atoms with Crippen LogP contribution in [0.25, 0.3) is 0 Å². The molecule has 1 N–H and O–H groups in total. The number of alkyl halides is 4. The molecule has 0 saturated carbocycles. The fraction of sp³-hybridized carbons (Fsp3) is 0.680. The van der Waals surface area contributed by atoms with Crippen molar-refractivity contribution in [3.8, 4) is 0 Å². The molecule has 0 radical (unpaired) electrons. The summed E-state index contributed by atoms with van der Waals surface area (Å²) in [6.07, 6.45) is -2.83. The zero-order valence-corrected chi connectivity index (χ0v) is 22.8. The van der Waals surface area contributed by atoms with E-state index in [9.17, 15) is 22.8 Å². The molecule has 2 amide bonds. The molecule has 2 aliphatic rings. The van der Waals surface area contributed by atoms with Crippen LogP contribution >= 0.6 is 15.9 Å². The Morgan fingerprint density at radius 2 is 1.67 bits per heavy atom. The van der Waals surface area contributed by atoms with E-state index < -0.39 is 23.4 Å². The molecule has 11 heteroatoms. The Morgan fingerprint density at radius 3 is 2.22 bits per heavy atom. The van der Waals surface area contributed by atoms with Crippen LogP contribution in [0.3, 0.4) is 0 Å². The lowest BCUT2D eigenvalue weighted by atomic mass is 9.99. The highest BCUT2D eigenvalue weighted by Gasteiger charge is 2.36. The van der Waals surface area contributed by atoms with Crippen LogP contribution in [-0.2, 0) is 15.7 Å². The molecular weight excluding hydrogens is 541 g/mol. The van der Waals surface area contributed by atoms with E-state index in [0.29, 0.717) is 11.6 Å². The Bertz CT molecular complexity index is 907. The average Bonchev–Trinajstić information content (AvgIpc) is 2.82. The van der Waals surface area contributed by atoms with Gasteiger partial charge in [-0.2, -0.15) is 13.2 Å². The Kier molecular flexibility index (Phi) is 9.40. The number of rotatable bonds is 6. The van der Waals surface area contributed by atoms with Crippen LogP contribution in [-0.4, -0.2) is 78.5 Å². The predicted molar refractivity (Wildman–Crippen MR) is 138 cm³/mol. The molecule has 3 rings (SSSR count). The van der Waals surface area contributed by atoms with Crippen molar-refractivity contribution in [3.05, 3.63) is 23.8 Å². The van der Waals surface area contributed by atoms with Gasteiger partial charge >= 0.3 is 12.3 Å². The fourth-order valence-corrected chi connectivity index (χ4v) is 5.06. The second-order valence-corrected chi connectivity index (χ2v) is 11.0. The molecular formula is C25H36BrF3N4O3. The molecule has 1 aromatic carbocycles. The van der Waals surface area contributed by atoms with E-state index in [0.717, 1.165) is 37.3 Å². The lowest BCUT2D eigenvalue weighted by Gasteiger charge is -2.37. The SMILES string of the molecule is CC(C)(C)OC(=O)N1CCN(c2ccc(NCCC(=O)N3CCC(CBr)CC3)cc2C(F)(F)F)CC1. The van der Waals surface area contributed by atoms with E-state index in [1.807, 2.05) is 4.90 Å². The molecule has 0 spiro atoms. The molecule has 7 nitrogen and oxygen atoms in total. The van der Waals surface area contributed by atoms with Crippen molar-refractivity contribution in [1.82, 2.24) is 9.80 Å². The van der Waals surface area contributed by atoms with Gasteiger partial charge in [-0.05, 0) is 57.7 Å². The Labute approximate surface area is 219 Å². The van der Waals surface area contributed by atoms with E-state index in [1.54, 1.807) is 31.7 Å². The monoisotopic (exact) mass is 576 g/mol. The minimum atomic E-state index is -4.54. The van der Waals surface area contributed by atoms with Gasteiger partial charge in [-0.1, -0.05) is 15.9 Å². The summed E-state index contributed by atoms with van der Waals surface area (Å²) in [6, 6.07) is 4.17. The first kappa shape index (κ1) is 28.4. The van der Waals surface area contributed by atoms with E-state index in [2.05, 4.69) is 21.2 Å². The van der Waals surface area contributed by atoms with Crippen LogP contribution in [0.15, 0.2) is 18.2 Å². The third kappa shape index (κ3) is 7.91. The van der Waals surface area contributed by atoms with Crippen molar-refractivity contribution in [2.45, 2.75) is 51.8 Å². The first-order chi connectivity index (χ1) is 16.9. The fourth-order valence-electron chi connectivity index (χ4n) is 4.41. The van der Waals surface area contributed by atoms with E-state index in [1.165, 1.54) is 11.0 Å². The smallest absolute Gasteiger partial charge is 0.418 e. The summed E-state index contributed by atoms with van der Waals surface area (Å²) in [5, 5.41) is 3.92. The number of nitrogens with one attached hydrogen (secondary N) is 1. The third-order valence-corrected chi connectivity index (χ3v) is 7.34. The minimum absolute atomic E-state index is 0.0195. The number of carbonyl (C=O) groups is 2. The average molecular weight is 577 g/mol. The van der Waals surface area contributed by atoms with Gasteiger partial charge in [-0.3, -0.25) is 4.79 Å². The number of nitrogens with zero attached hydrogens (tertiary/aromatic N) is 3. The lowest BCUT2D eigenvalue weighted by molar-refractivity contribution is -0.137. The highest BCUT2D eigenvalue weighted by atomic mass is 79.9. The van der Waals surface area contributed by atoms with Crippen molar-refractivity contribution in [2.75, 3.05) is 61.4 Å². The highest BCUT2D eigenvalue weighted by Crippen LogP contribution is 2.38. The van der Waals surface area contributed by atoms with Gasteiger partial charge in [0.25, 0.3) is 0 Å². The zero-order chi connectivity index (χ0) is 26.5. The molecule has 2 heterocycles. The summed E-state index contributed by atoms with van der Waals surface area (Å²) in [5.74, 6) is 0.609. The summed E-state index contributed by atoms with van der Waals surface area (Å²) in [6.45, 7) is 8.14. The van der Waals surface area contributed by atoms with E-state index in [-0.39, 0.29) is 50.7 Å². The summed E-state index contributed by atoms with van der Waals surface area (Å²) >= 11 is 3.49. The number of ether oxygens (including phenoxy) is 1. The molecule has 36 heavy (non-hydrogen) atoms. The Morgan fingerprint density at radius 1 is 1.03 bits per heavy atom. The van der Waals surface area contributed by atoms with Crippen molar-refractivity contribution in [2.24, 2.45) is 5.92 Å². The number of halogens is 4. The minimum Gasteiger partial charge on any atom is -0.444 e. The summed E-state index contributed by atoms with van der Waals surface area (Å²) in [7, 11) is 0. The maximum absolute atomic E-state index is 13.9. The molecule has 0 bridgehead atoms. The van der Waals surface area contributed by atoms with Gasteiger partial charge in [-0.25, -0.2) is 4.79 Å². The van der Waals surface area contributed by atoms with Crippen LogP contribution in [0.2, 0.25) is 0 Å². The van der Waals surface area contributed by atoms with E-state index >= 15 is 0 Å². The van der Waals surface area contributed by atoms with Crippen LogP contribution in [0.1, 0.15) is 45.6 Å². The zero-order valence-electron chi connectivity index (χ0n) is 21.2. The number of carbonyl (C=O) groups excluding carboxylic acids is 2. The summed E-state index contributed by atoms with van der Waals surface area (Å²) in [5.41, 5.74) is -0.955. The van der Waals surface area contributed by atoms with Gasteiger partial charge in [-0.15, -0.1) is 0 Å². The molecule has 0 atom stereocenters. The molecule has 2 aliphatic heterocycles. The normalized spacial score (nSPS) is 17.8. The second-order valence-electron chi connectivity index (χ2n) is 10.3. The summed E-state index contributed by atoms with van der Waals surface area (Å²) < 4.78 is 47.1. The van der Waals surface area contributed by atoms with Gasteiger partial charge in [0.15, 0.2) is 0 Å². The molecule has 1 aromatic rings.